The molecule has 3 aromatic rings. The molecule has 2 fully saturated rings. The number of nitrogens with zero attached hydrogens (tertiary/aromatic N) is 5. The molecule has 0 spiro atoms. The molecule has 0 N–H and O–H groups in total. The topological polar surface area (TPSA) is 107 Å². The van der Waals surface area contributed by atoms with Gasteiger partial charge in [-0.25, -0.2) is 13.4 Å². The third-order valence-corrected chi connectivity index (χ3v) is 9.15. The normalized spacial score (nSPS) is 20.6. The predicted octanol–water partition coefficient (Wildman–Crippen LogP) is 3.52. The molecule has 2 aliphatic rings. The second kappa shape index (κ2) is 12.0. The highest BCUT2D eigenvalue weighted by atomic mass is 35.5. The largest absolute Gasteiger partial charge is 0.483 e. The fourth-order valence-corrected chi connectivity index (χ4v) is 6.62. The minimum atomic E-state index is -3.71. The van der Waals surface area contributed by atoms with Crippen LogP contribution in [0.15, 0.2) is 64.7 Å². The molecule has 0 amide bonds. The van der Waals surface area contributed by atoms with E-state index in [9.17, 15) is 13.2 Å². The van der Waals surface area contributed by atoms with Gasteiger partial charge in [0, 0.05) is 44.0 Å². The Bertz CT molecular complexity index is 1440. The molecule has 10 nitrogen and oxygen atoms in total. The molecule has 0 radical (unpaired) electrons. The van der Waals surface area contributed by atoms with E-state index in [1.807, 2.05) is 11.8 Å². The number of ether oxygens (including phenoxy) is 2. The van der Waals surface area contributed by atoms with Crippen molar-refractivity contribution in [3.63, 3.8) is 0 Å². The Hall–Kier alpha value is -2.99. The van der Waals surface area contributed by atoms with Gasteiger partial charge < -0.3 is 14.4 Å². The van der Waals surface area contributed by atoms with Gasteiger partial charge in [0.2, 0.25) is 5.75 Å². The highest BCUT2D eigenvalue weighted by Gasteiger charge is 2.32. The minimum Gasteiger partial charge on any atom is -0.483 e. The number of benzene rings is 1. The summed E-state index contributed by atoms with van der Waals surface area (Å²) in [6, 6.07) is 11.8. The molecule has 2 aromatic heterocycles. The molecule has 1 saturated carbocycles. The van der Waals surface area contributed by atoms with Crippen LogP contribution in [0.25, 0.3) is 5.69 Å². The van der Waals surface area contributed by atoms with Crippen LogP contribution in [0.4, 0.5) is 5.69 Å². The molecule has 1 aromatic carbocycles. The van der Waals surface area contributed by atoms with Crippen molar-refractivity contribution < 1.29 is 17.9 Å². The molecule has 0 unspecified atom stereocenters. The fourth-order valence-electron chi connectivity index (χ4n) is 5.08. The zero-order valence-corrected chi connectivity index (χ0v) is 23.4. The molecule has 5 rings (SSSR count). The Labute approximate surface area is 233 Å². The van der Waals surface area contributed by atoms with Crippen molar-refractivity contribution in [1.82, 2.24) is 19.1 Å². The molecule has 0 bridgehead atoms. The van der Waals surface area contributed by atoms with Crippen molar-refractivity contribution in [3.05, 3.63) is 70.2 Å². The number of rotatable bonds is 8. The summed E-state index contributed by atoms with van der Waals surface area (Å²) < 4.78 is 41.0. The molecule has 208 valence electrons. The van der Waals surface area contributed by atoms with Gasteiger partial charge in [-0.05, 0) is 62.9 Å². The van der Waals surface area contributed by atoms with Gasteiger partial charge in [-0.2, -0.15) is 14.1 Å². The Kier molecular flexibility index (Phi) is 8.51. The first-order valence-electron chi connectivity index (χ1n) is 13.2. The fraction of sp³-hybridized carbons (Fsp3) is 0.444. The Morgan fingerprint density at radius 3 is 2.41 bits per heavy atom. The average Bonchev–Trinajstić information content (AvgIpc) is 2.96. The van der Waals surface area contributed by atoms with Crippen LogP contribution in [-0.2, 0) is 14.8 Å². The van der Waals surface area contributed by atoms with E-state index in [0.717, 1.165) is 25.7 Å². The van der Waals surface area contributed by atoms with E-state index >= 15 is 0 Å². The van der Waals surface area contributed by atoms with Crippen LogP contribution >= 0.6 is 11.6 Å². The first kappa shape index (κ1) is 27.6. The van der Waals surface area contributed by atoms with E-state index in [-0.39, 0.29) is 41.6 Å². The lowest BCUT2D eigenvalue weighted by atomic mass is 9.95. The van der Waals surface area contributed by atoms with Crippen molar-refractivity contribution >= 4 is 27.3 Å². The molecule has 3 heterocycles. The number of hydrogen-bond donors (Lipinski definition) is 0. The zero-order valence-electron chi connectivity index (χ0n) is 21.8. The minimum absolute atomic E-state index is 0.0240. The van der Waals surface area contributed by atoms with E-state index in [4.69, 9.17) is 21.1 Å². The average molecular weight is 574 g/mol. The molecule has 0 atom stereocenters. The van der Waals surface area contributed by atoms with Gasteiger partial charge in [0.15, 0.2) is 5.03 Å². The zero-order chi connectivity index (χ0) is 27.4. The molecule has 39 heavy (non-hydrogen) atoms. The maximum atomic E-state index is 13.8. The van der Waals surface area contributed by atoms with Crippen molar-refractivity contribution in [2.24, 2.45) is 0 Å². The van der Waals surface area contributed by atoms with Gasteiger partial charge in [-0.15, -0.1) is 0 Å². The van der Waals surface area contributed by atoms with Crippen molar-refractivity contribution in [2.75, 3.05) is 37.7 Å². The van der Waals surface area contributed by atoms with Gasteiger partial charge in [0.1, 0.15) is 5.69 Å². The molecule has 1 aliphatic heterocycles. The highest BCUT2D eigenvalue weighted by molar-refractivity contribution is 7.89. The standard InChI is InChI=1S/C27H32ClN5O5S/c1-2-37-22-9-11-23(12-10-22)38-26-24(19-30-33(27(26)34)21-7-5-6-20(28)18-21)31-14-16-32(17-15-31)39(35,36)25-8-3-4-13-29-25/h3-8,13,18-19,22-23H,2,9-12,14-17H2,1H3/t22-,23+. The van der Waals surface area contributed by atoms with Gasteiger partial charge >= 0.3 is 5.56 Å². The summed E-state index contributed by atoms with van der Waals surface area (Å²) in [6.07, 6.45) is 6.45. The number of hydrogen-bond acceptors (Lipinski definition) is 8. The maximum Gasteiger partial charge on any atom is 0.316 e. The van der Waals surface area contributed by atoms with E-state index in [1.54, 1.807) is 42.6 Å². The summed E-state index contributed by atoms with van der Waals surface area (Å²) in [4.78, 5) is 19.7. The summed E-state index contributed by atoms with van der Waals surface area (Å²) in [5.41, 5.74) is 0.709. The smallest absolute Gasteiger partial charge is 0.316 e. The lowest BCUT2D eigenvalue weighted by molar-refractivity contribution is 0.00850. The summed E-state index contributed by atoms with van der Waals surface area (Å²) >= 11 is 6.18. The van der Waals surface area contributed by atoms with E-state index in [2.05, 4.69) is 10.1 Å². The summed E-state index contributed by atoms with van der Waals surface area (Å²) in [5.74, 6) is 0.214. The summed E-state index contributed by atoms with van der Waals surface area (Å²) in [7, 11) is -3.71. The van der Waals surface area contributed by atoms with Crippen LogP contribution < -0.4 is 15.2 Å². The Morgan fingerprint density at radius 2 is 1.74 bits per heavy atom. The van der Waals surface area contributed by atoms with E-state index < -0.39 is 10.0 Å². The van der Waals surface area contributed by atoms with Crippen LogP contribution in [0.5, 0.6) is 5.75 Å². The lowest BCUT2D eigenvalue weighted by Crippen LogP contribution is -2.49. The quantitative estimate of drug-likeness (QED) is 0.403. The number of sulfonamides is 1. The van der Waals surface area contributed by atoms with Crippen LogP contribution in [0, 0.1) is 0 Å². The van der Waals surface area contributed by atoms with Crippen molar-refractivity contribution in [1.29, 1.82) is 0 Å². The highest BCUT2D eigenvalue weighted by Crippen LogP contribution is 2.31. The number of anilines is 1. The summed E-state index contributed by atoms with van der Waals surface area (Å²) in [5, 5.41) is 4.95. The van der Waals surface area contributed by atoms with Gasteiger partial charge in [-0.1, -0.05) is 23.7 Å². The maximum absolute atomic E-state index is 13.8. The lowest BCUT2D eigenvalue weighted by Gasteiger charge is -2.36. The number of pyridine rings is 1. The van der Waals surface area contributed by atoms with Crippen LogP contribution in [0.1, 0.15) is 32.6 Å². The van der Waals surface area contributed by atoms with Crippen molar-refractivity contribution in [3.8, 4) is 11.4 Å². The van der Waals surface area contributed by atoms with Crippen LogP contribution in [0.2, 0.25) is 5.02 Å². The first-order chi connectivity index (χ1) is 18.9. The van der Waals surface area contributed by atoms with E-state index in [0.29, 0.717) is 36.1 Å². The predicted molar refractivity (Wildman–Crippen MR) is 148 cm³/mol. The number of piperazine rings is 1. The molecule has 12 heteroatoms. The molecule has 1 aliphatic carbocycles. The van der Waals surface area contributed by atoms with Crippen LogP contribution in [-0.4, -0.2) is 72.5 Å². The van der Waals surface area contributed by atoms with Crippen molar-refractivity contribution in [2.45, 2.75) is 49.8 Å². The second-order valence-electron chi connectivity index (χ2n) is 9.59. The third-order valence-electron chi connectivity index (χ3n) is 7.10. The Morgan fingerprint density at radius 1 is 1.00 bits per heavy atom. The SMILES string of the molecule is CCO[C@H]1CC[C@@H](Oc2c(N3CCN(S(=O)(=O)c4ccccn4)CC3)cnn(-c3cccc(Cl)c3)c2=O)CC1. The molecular weight excluding hydrogens is 542 g/mol. The van der Waals surface area contributed by atoms with E-state index in [1.165, 1.54) is 21.3 Å². The van der Waals surface area contributed by atoms with Crippen LogP contribution in [0.3, 0.4) is 0 Å². The van der Waals surface area contributed by atoms with Gasteiger partial charge in [0.05, 0.1) is 24.1 Å². The molecular formula is C27H32ClN5O5S. The Balaban J connectivity index is 1.40. The monoisotopic (exact) mass is 573 g/mol. The molecule has 1 saturated heterocycles. The second-order valence-corrected chi connectivity index (χ2v) is 11.9. The number of aromatic nitrogens is 3. The summed E-state index contributed by atoms with van der Waals surface area (Å²) in [6.45, 7) is 3.91. The van der Waals surface area contributed by atoms with Gasteiger partial charge in [0.25, 0.3) is 10.0 Å². The number of halogens is 1. The first-order valence-corrected chi connectivity index (χ1v) is 15.0. The van der Waals surface area contributed by atoms with Gasteiger partial charge in [-0.3, -0.25) is 4.79 Å². The third kappa shape index (κ3) is 6.11.